The van der Waals surface area contributed by atoms with Gasteiger partial charge in [0.2, 0.25) is 0 Å². The van der Waals surface area contributed by atoms with Gasteiger partial charge in [-0.2, -0.15) is 0 Å². The number of ether oxygens (including phenoxy) is 2. The third kappa shape index (κ3) is 9.09. The number of hydrogen-bond acceptors (Lipinski definition) is 12. The minimum Gasteiger partial charge on any atom is -0.441 e. The Balaban J connectivity index is 1.39. The zero-order valence-corrected chi connectivity index (χ0v) is 17.7. The van der Waals surface area contributed by atoms with Crippen molar-refractivity contribution in [2.45, 2.75) is 27.1 Å². The van der Waals surface area contributed by atoms with Gasteiger partial charge in [-0.1, -0.05) is 0 Å². The molecule has 0 unspecified atom stereocenters. The lowest BCUT2D eigenvalue weighted by Crippen LogP contribution is -2.37. The van der Waals surface area contributed by atoms with Gasteiger partial charge in [0.05, 0.1) is 0 Å². The molecule has 14 heteroatoms. The molecule has 0 fully saturated rings. The number of alkyl carbamates (subject to hydrolysis) is 2. The first-order valence-corrected chi connectivity index (χ1v) is 9.76. The van der Waals surface area contributed by atoms with Crippen LogP contribution in [0.1, 0.15) is 23.0 Å². The molecule has 0 aliphatic carbocycles. The fourth-order valence-corrected chi connectivity index (χ4v) is 2.31. The Labute approximate surface area is 181 Å². The highest BCUT2D eigenvalue weighted by molar-refractivity contribution is 5.67. The van der Waals surface area contributed by atoms with Crippen LogP contribution in [0.5, 0.6) is 0 Å². The van der Waals surface area contributed by atoms with Crippen LogP contribution in [0.25, 0.3) is 0 Å². The number of carbonyl (C=O) groups is 2. The van der Waals surface area contributed by atoms with Crippen LogP contribution in [0.4, 0.5) is 9.59 Å². The summed E-state index contributed by atoms with van der Waals surface area (Å²) in [4.78, 5) is 44.9. The maximum absolute atomic E-state index is 11.5. The van der Waals surface area contributed by atoms with Crippen LogP contribution in [0.2, 0.25) is 0 Å². The van der Waals surface area contributed by atoms with Gasteiger partial charge in [-0.3, -0.25) is 0 Å². The molecule has 4 N–H and O–H groups in total. The molecule has 2 rings (SSSR count). The molecule has 0 bridgehead atoms. The van der Waals surface area contributed by atoms with Gasteiger partial charge in [-0.25, -0.2) is 19.2 Å². The molecule has 178 valence electrons. The molecule has 0 aliphatic rings. The van der Waals surface area contributed by atoms with Crippen LogP contribution in [-0.4, -0.2) is 51.5 Å². The van der Waals surface area contributed by atoms with Gasteiger partial charge in [0.1, 0.15) is 0 Å². The predicted octanol–water partition coefficient (Wildman–Crippen LogP) is -0.272. The van der Waals surface area contributed by atoms with Gasteiger partial charge < -0.3 is 48.4 Å². The van der Waals surface area contributed by atoms with E-state index in [2.05, 4.69) is 30.1 Å². The van der Waals surface area contributed by atoms with E-state index in [-0.39, 0.29) is 36.3 Å². The molecule has 2 heterocycles. The summed E-state index contributed by atoms with van der Waals surface area (Å²) in [5.74, 6) is -0.818. The van der Waals surface area contributed by atoms with E-state index in [0.29, 0.717) is 39.3 Å². The normalized spacial score (nSPS) is 10.7. The number of rotatable bonds is 13. The number of aryl methyl sites for hydroxylation is 2. The van der Waals surface area contributed by atoms with Crippen molar-refractivity contribution in [3.63, 3.8) is 0 Å². The second-order valence-corrected chi connectivity index (χ2v) is 6.37. The molecule has 0 saturated heterocycles. The molecule has 0 atom stereocenters. The summed E-state index contributed by atoms with van der Waals surface area (Å²) in [5, 5.41) is 11.3. The molecule has 0 aromatic carbocycles. The Bertz CT molecular complexity index is 895. The summed E-state index contributed by atoms with van der Waals surface area (Å²) in [6.07, 6.45) is -1.28. The fraction of sp³-hybridized carbons (Fsp3) is 0.556. The Hall–Kier alpha value is -3.52. The van der Waals surface area contributed by atoms with Crippen LogP contribution in [0, 0.1) is 13.8 Å². The smallest absolute Gasteiger partial charge is 0.441 e. The average Bonchev–Trinajstić information content (AvgIpc) is 3.24. The standard InChI is InChI=1S/C18H26N4O10/c1-11-13(31-17(25)29-11)9-27-15(23)21-7-5-19-3-4-20-6-8-22-16(24)28-10-14-12(2)30-18(26)32-14/h19-20H,3-10H2,1-2H3,(H,21,23)(H,22,24). The van der Waals surface area contributed by atoms with Crippen LogP contribution >= 0.6 is 0 Å². The van der Waals surface area contributed by atoms with Crippen molar-refractivity contribution in [3.05, 3.63) is 44.3 Å². The van der Waals surface area contributed by atoms with Gasteiger partial charge in [-0.15, -0.1) is 0 Å². The molecule has 0 saturated carbocycles. The first-order chi connectivity index (χ1) is 15.3. The Morgan fingerprint density at radius 2 is 1.03 bits per heavy atom. The van der Waals surface area contributed by atoms with Crippen molar-refractivity contribution < 1.29 is 36.7 Å². The van der Waals surface area contributed by atoms with Crippen LogP contribution in [-0.2, 0) is 22.7 Å². The molecule has 2 amide bonds. The fourth-order valence-electron chi connectivity index (χ4n) is 2.31. The predicted molar refractivity (Wildman–Crippen MR) is 106 cm³/mol. The summed E-state index contributed by atoms with van der Waals surface area (Å²) in [6, 6.07) is 0. The van der Waals surface area contributed by atoms with Crippen molar-refractivity contribution in [1.29, 1.82) is 0 Å². The van der Waals surface area contributed by atoms with Gasteiger partial charge in [0, 0.05) is 39.3 Å². The first-order valence-electron chi connectivity index (χ1n) is 9.76. The number of amides is 2. The summed E-state index contributed by atoms with van der Waals surface area (Å²) in [5.41, 5.74) is 0. The van der Waals surface area contributed by atoms with E-state index >= 15 is 0 Å². The van der Waals surface area contributed by atoms with E-state index < -0.39 is 23.8 Å². The molecule has 0 radical (unpaired) electrons. The zero-order chi connectivity index (χ0) is 23.3. The summed E-state index contributed by atoms with van der Waals surface area (Å²) < 4.78 is 28.6. The van der Waals surface area contributed by atoms with E-state index in [4.69, 9.17) is 18.3 Å². The minimum atomic E-state index is -0.841. The second-order valence-electron chi connectivity index (χ2n) is 6.37. The molecule has 14 nitrogen and oxygen atoms in total. The number of hydrogen-bond donors (Lipinski definition) is 4. The quantitative estimate of drug-likeness (QED) is 0.288. The van der Waals surface area contributed by atoms with Gasteiger partial charge >= 0.3 is 23.8 Å². The van der Waals surface area contributed by atoms with Crippen molar-refractivity contribution in [3.8, 4) is 0 Å². The molecular weight excluding hydrogens is 432 g/mol. The van der Waals surface area contributed by atoms with Crippen LogP contribution in [0.3, 0.4) is 0 Å². The number of nitrogens with one attached hydrogen (secondary N) is 4. The molecule has 0 aliphatic heterocycles. The monoisotopic (exact) mass is 458 g/mol. The lowest BCUT2D eigenvalue weighted by Gasteiger charge is -2.09. The molecule has 2 aromatic rings. The van der Waals surface area contributed by atoms with Crippen molar-refractivity contribution in [1.82, 2.24) is 21.3 Å². The van der Waals surface area contributed by atoms with Crippen molar-refractivity contribution >= 4 is 12.2 Å². The molecule has 32 heavy (non-hydrogen) atoms. The van der Waals surface area contributed by atoms with Gasteiger partial charge in [0.15, 0.2) is 36.3 Å². The Morgan fingerprint density at radius 1 is 0.656 bits per heavy atom. The van der Waals surface area contributed by atoms with Crippen LogP contribution < -0.4 is 32.9 Å². The second kappa shape index (κ2) is 13.0. The molecular formula is C18H26N4O10. The maximum atomic E-state index is 11.5. The maximum Gasteiger partial charge on any atom is 0.519 e. The van der Waals surface area contributed by atoms with E-state index in [9.17, 15) is 19.2 Å². The largest absolute Gasteiger partial charge is 0.519 e. The molecule has 2 aromatic heterocycles. The highest BCUT2D eigenvalue weighted by Gasteiger charge is 2.12. The SMILES string of the molecule is Cc1oc(=O)oc1COC(=O)NCCNCCNCCNC(=O)OCc1oc(=O)oc1C. The van der Waals surface area contributed by atoms with E-state index in [0.717, 1.165) is 0 Å². The highest BCUT2D eigenvalue weighted by Crippen LogP contribution is 2.06. The third-order valence-electron chi connectivity index (χ3n) is 3.96. The summed E-state index contributed by atoms with van der Waals surface area (Å²) in [7, 11) is 0. The topological polar surface area (TPSA) is 187 Å². The van der Waals surface area contributed by atoms with E-state index in [1.54, 1.807) is 0 Å². The van der Waals surface area contributed by atoms with Crippen molar-refractivity contribution in [2.75, 3.05) is 39.3 Å². The van der Waals surface area contributed by atoms with E-state index in [1.165, 1.54) is 13.8 Å². The lowest BCUT2D eigenvalue weighted by atomic mass is 10.4. The van der Waals surface area contributed by atoms with Gasteiger partial charge in [0.25, 0.3) is 0 Å². The third-order valence-corrected chi connectivity index (χ3v) is 3.96. The van der Waals surface area contributed by atoms with Crippen molar-refractivity contribution in [2.24, 2.45) is 0 Å². The Kier molecular flexibility index (Phi) is 10.1. The Morgan fingerprint density at radius 3 is 1.38 bits per heavy atom. The zero-order valence-electron chi connectivity index (χ0n) is 17.7. The minimum absolute atomic E-state index is 0.165. The van der Waals surface area contributed by atoms with Gasteiger partial charge in [-0.05, 0) is 13.8 Å². The summed E-state index contributed by atoms with van der Waals surface area (Å²) >= 11 is 0. The summed E-state index contributed by atoms with van der Waals surface area (Å²) in [6.45, 7) is 5.68. The molecule has 0 spiro atoms. The lowest BCUT2D eigenvalue weighted by molar-refractivity contribution is 0.129. The number of carbonyl (C=O) groups excluding carboxylic acids is 2. The van der Waals surface area contributed by atoms with E-state index in [1.807, 2.05) is 0 Å². The highest BCUT2D eigenvalue weighted by atomic mass is 16.6. The first kappa shape index (κ1) is 24.7. The average molecular weight is 458 g/mol. The van der Waals surface area contributed by atoms with Crippen LogP contribution in [0.15, 0.2) is 27.3 Å².